The number of carbonyl (C=O) groups excluding carboxylic acids is 1. The van der Waals surface area contributed by atoms with Crippen LogP contribution in [0.3, 0.4) is 0 Å². The number of H-pyrrole nitrogens is 1. The summed E-state index contributed by atoms with van der Waals surface area (Å²) in [6.45, 7) is 2.18. The lowest BCUT2D eigenvalue weighted by Gasteiger charge is -2.21. The summed E-state index contributed by atoms with van der Waals surface area (Å²) in [4.78, 5) is 25.8. The van der Waals surface area contributed by atoms with E-state index in [-0.39, 0.29) is 17.2 Å². The molecule has 2 aromatic carbocycles. The third kappa shape index (κ3) is 2.91. The highest BCUT2D eigenvalue weighted by Crippen LogP contribution is 2.27. The number of hydrogen-bond donors (Lipinski definition) is 2. The Hall–Kier alpha value is -3.35. The van der Waals surface area contributed by atoms with Crippen molar-refractivity contribution in [3.8, 4) is 5.75 Å². The summed E-state index contributed by atoms with van der Waals surface area (Å²) < 4.78 is 5.06. The van der Waals surface area contributed by atoms with Crippen molar-refractivity contribution in [2.24, 2.45) is 0 Å². The van der Waals surface area contributed by atoms with Crippen LogP contribution in [0.5, 0.6) is 5.75 Å². The molecule has 2 N–H and O–H groups in total. The second-order valence-corrected chi connectivity index (χ2v) is 5.36. The molecular formula is C18H17N3O4. The van der Waals surface area contributed by atoms with Crippen LogP contribution < -0.4 is 9.64 Å². The Bertz CT molecular complexity index is 948. The number of methoxy groups -OCH3 is 1. The van der Waals surface area contributed by atoms with Crippen LogP contribution >= 0.6 is 0 Å². The molecule has 0 spiro atoms. The molecule has 0 aliphatic carbocycles. The van der Waals surface area contributed by atoms with Crippen LogP contribution in [0.2, 0.25) is 0 Å². The Kier molecular flexibility index (Phi) is 4.38. The summed E-state index contributed by atoms with van der Waals surface area (Å²) in [6, 6.07) is 12.0. The van der Waals surface area contributed by atoms with Gasteiger partial charge in [0.15, 0.2) is 5.69 Å². The quantitative estimate of drug-likeness (QED) is 0.745. The lowest BCUT2D eigenvalue weighted by molar-refractivity contribution is 0.0693. The second-order valence-electron chi connectivity index (χ2n) is 5.36. The van der Waals surface area contributed by atoms with Crippen LogP contribution in [0.4, 0.5) is 5.69 Å². The number of aromatic carboxylic acids is 1. The number of carbonyl (C=O) groups is 2. The third-order valence-electron chi connectivity index (χ3n) is 3.96. The average molecular weight is 339 g/mol. The molecule has 0 bridgehead atoms. The molecule has 3 aromatic rings. The van der Waals surface area contributed by atoms with Gasteiger partial charge >= 0.3 is 5.97 Å². The highest BCUT2D eigenvalue weighted by Gasteiger charge is 2.23. The van der Waals surface area contributed by atoms with Crippen molar-refractivity contribution >= 4 is 28.5 Å². The molecule has 0 saturated carbocycles. The van der Waals surface area contributed by atoms with Gasteiger partial charge in [-0.25, -0.2) is 4.79 Å². The second kappa shape index (κ2) is 6.64. The minimum Gasteiger partial charge on any atom is -0.496 e. The number of carboxylic acid groups (broad SMARTS) is 1. The van der Waals surface area contributed by atoms with E-state index in [1.807, 2.05) is 31.2 Å². The molecule has 0 unspecified atom stereocenters. The summed E-state index contributed by atoms with van der Waals surface area (Å²) in [7, 11) is 1.40. The fourth-order valence-electron chi connectivity index (χ4n) is 2.73. The van der Waals surface area contributed by atoms with Gasteiger partial charge in [-0.1, -0.05) is 18.2 Å². The molecule has 7 heteroatoms. The number of aromatic nitrogens is 2. The number of nitrogens with zero attached hydrogens (tertiary/aromatic N) is 2. The Morgan fingerprint density at radius 3 is 2.68 bits per heavy atom. The predicted octanol–water partition coefficient (Wildman–Crippen LogP) is 2.94. The molecule has 25 heavy (non-hydrogen) atoms. The Morgan fingerprint density at radius 1 is 1.24 bits per heavy atom. The molecule has 0 aliphatic rings. The van der Waals surface area contributed by atoms with E-state index in [4.69, 9.17) is 4.74 Å². The highest BCUT2D eigenvalue weighted by molar-refractivity contribution is 6.12. The molecule has 1 heterocycles. The van der Waals surface area contributed by atoms with Gasteiger partial charge in [0.05, 0.1) is 12.6 Å². The Labute approximate surface area is 143 Å². The van der Waals surface area contributed by atoms with E-state index < -0.39 is 5.97 Å². The number of nitrogens with one attached hydrogen (secondary N) is 1. The van der Waals surface area contributed by atoms with Crippen molar-refractivity contribution in [1.29, 1.82) is 0 Å². The van der Waals surface area contributed by atoms with Crippen LogP contribution in [0.1, 0.15) is 27.8 Å². The number of carboxylic acids is 1. The molecule has 0 saturated heterocycles. The molecule has 7 nitrogen and oxygen atoms in total. The fraction of sp³-hybridized carbons (Fsp3) is 0.167. The first-order valence-corrected chi connectivity index (χ1v) is 7.73. The number of rotatable bonds is 5. The summed E-state index contributed by atoms with van der Waals surface area (Å²) in [5, 5.41) is 17.0. The maximum absolute atomic E-state index is 13.0. The monoisotopic (exact) mass is 339 g/mol. The molecule has 0 fully saturated rings. The number of ether oxygens (including phenoxy) is 1. The van der Waals surface area contributed by atoms with Gasteiger partial charge in [0.1, 0.15) is 11.3 Å². The van der Waals surface area contributed by atoms with Gasteiger partial charge in [-0.3, -0.25) is 9.89 Å². The smallest absolute Gasteiger partial charge is 0.339 e. The minimum absolute atomic E-state index is 0.00173. The topological polar surface area (TPSA) is 95.5 Å². The predicted molar refractivity (Wildman–Crippen MR) is 93.4 cm³/mol. The van der Waals surface area contributed by atoms with Crippen LogP contribution in [-0.2, 0) is 0 Å². The first kappa shape index (κ1) is 16.5. The van der Waals surface area contributed by atoms with Crippen molar-refractivity contribution < 1.29 is 19.4 Å². The number of amides is 1. The van der Waals surface area contributed by atoms with Crippen molar-refractivity contribution in [2.45, 2.75) is 6.92 Å². The zero-order chi connectivity index (χ0) is 18.0. The summed E-state index contributed by atoms with van der Waals surface area (Å²) >= 11 is 0. The molecule has 1 amide bonds. The summed E-state index contributed by atoms with van der Waals surface area (Å²) in [5.74, 6) is -1.18. The number of anilines is 1. The first-order chi connectivity index (χ1) is 12.1. The normalized spacial score (nSPS) is 10.6. The van der Waals surface area contributed by atoms with E-state index in [1.54, 1.807) is 6.07 Å². The number of benzene rings is 2. The average Bonchev–Trinajstić information content (AvgIpc) is 3.06. The third-order valence-corrected chi connectivity index (χ3v) is 3.96. The maximum atomic E-state index is 13.0. The van der Waals surface area contributed by atoms with Crippen LogP contribution in [-0.4, -0.2) is 40.8 Å². The van der Waals surface area contributed by atoms with E-state index in [9.17, 15) is 14.7 Å². The van der Waals surface area contributed by atoms with E-state index >= 15 is 0 Å². The largest absolute Gasteiger partial charge is 0.496 e. The van der Waals surface area contributed by atoms with E-state index in [1.165, 1.54) is 24.1 Å². The first-order valence-electron chi connectivity index (χ1n) is 7.73. The standard InChI is InChI=1S/C18H17N3O4/c1-3-21(11-8-9-15(25-2)13(10-11)18(23)24)17(22)16-12-6-4-5-7-14(12)19-20-16/h4-10H,3H2,1-2H3,(H,19,20)(H,23,24). The van der Waals surface area contributed by atoms with E-state index in [2.05, 4.69) is 10.2 Å². The fourth-order valence-corrected chi connectivity index (χ4v) is 2.73. The maximum Gasteiger partial charge on any atom is 0.339 e. The Morgan fingerprint density at radius 2 is 2.00 bits per heavy atom. The van der Waals surface area contributed by atoms with Gasteiger partial charge in [0.2, 0.25) is 0 Å². The van der Waals surface area contributed by atoms with E-state index in [0.717, 1.165) is 10.9 Å². The molecule has 1 aromatic heterocycles. The highest BCUT2D eigenvalue weighted by atomic mass is 16.5. The van der Waals surface area contributed by atoms with Gasteiger partial charge < -0.3 is 14.7 Å². The molecule has 128 valence electrons. The lowest BCUT2D eigenvalue weighted by Crippen LogP contribution is -2.31. The van der Waals surface area contributed by atoms with E-state index in [0.29, 0.717) is 17.9 Å². The van der Waals surface area contributed by atoms with Gasteiger partial charge in [0.25, 0.3) is 5.91 Å². The van der Waals surface area contributed by atoms with Crippen molar-refractivity contribution in [3.05, 3.63) is 53.7 Å². The van der Waals surface area contributed by atoms with Gasteiger partial charge in [0, 0.05) is 17.6 Å². The number of hydrogen-bond acceptors (Lipinski definition) is 4. The molecule has 0 aliphatic heterocycles. The van der Waals surface area contributed by atoms with Gasteiger partial charge in [-0.2, -0.15) is 5.10 Å². The number of para-hydroxylation sites is 1. The number of fused-ring (bicyclic) bond motifs is 1. The number of aromatic amines is 1. The molecular weight excluding hydrogens is 322 g/mol. The minimum atomic E-state index is -1.12. The zero-order valence-corrected chi connectivity index (χ0v) is 13.8. The summed E-state index contributed by atoms with van der Waals surface area (Å²) in [6.07, 6.45) is 0. The van der Waals surface area contributed by atoms with Crippen LogP contribution in [0.15, 0.2) is 42.5 Å². The molecule has 0 radical (unpaired) electrons. The summed E-state index contributed by atoms with van der Waals surface area (Å²) in [5.41, 5.74) is 1.53. The van der Waals surface area contributed by atoms with Gasteiger partial charge in [-0.15, -0.1) is 0 Å². The Balaban J connectivity index is 2.04. The molecule has 3 rings (SSSR count). The lowest BCUT2D eigenvalue weighted by atomic mass is 10.1. The molecule has 0 atom stereocenters. The van der Waals surface area contributed by atoms with Crippen molar-refractivity contribution in [2.75, 3.05) is 18.6 Å². The van der Waals surface area contributed by atoms with Gasteiger partial charge in [-0.05, 0) is 31.2 Å². The van der Waals surface area contributed by atoms with Crippen LogP contribution in [0, 0.1) is 0 Å². The van der Waals surface area contributed by atoms with Crippen molar-refractivity contribution in [1.82, 2.24) is 10.2 Å². The van der Waals surface area contributed by atoms with Crippen LogP contribution in [0.25, 0.3) is 10.9 Å². The SMILES string of the molecule is CCN(C(=O)c1n[nH]c2ccccc12)c1ccc(OC)c(C(=O)O)c1. The van der Waals surface area contributed by atoms with Crippen molar-refractivity contribution in [3.63, 3.8) is 0 Å². The zero-order valence-electron chi connectivity index (χ0n) is 13.8.